The lowest BCUT2D eigenvalue weighted by Crippen LogP contribution is -2.50. The molecule has 7 heteroatoms. The first kappa shape index (κ1) is 25.9. The van der Waals surface area contributed by atoms with Crippen molar-refractivity contribution in [1.29, 1.82) is 0 Å². The van der Waals surface area contributed by atoms with E-state index in [2.05, 4.69) is 10.3 Å². The Morgan fingerprint density at radius 2 is 1.73 bits per heavy atom. The molecule has 0 aliphatic heterocycles. The average molecular weight is 500 g/mol. The summed E-state index contributed by atoms with van der Waals surface area (Å²) in [4.78, 5) is 32.9. The summed E-state index contributed by atoms with van der Waals surface area (Å²) < 4.78 is 11.0. The third-order valence-corrected chi connectivity index (χ3v) is 5.78. The quantitative estimate of drug-likeness (QED) is 0.331. The van der Waals surface area contributed by atoms with Gasteiger partial charge in [0.15, 0.2) is 0 Å². The molecule has 7 nitrogen and oxygen atoms in total. The van der Waals surface area contributed by atoms with Crippen molar-refractivity contribution in [1.82, 2.24) is 15.2 Å². The number of rotatable bonds is 8. The summed E-state index contributed by atoms with van der Waals surface area (Å²) in [5.74, 6) is -0.205. The molecule has 4 rings (SSSR count). The molecule has 0 unspecified atom stereocenters. The number of fused-ring (bicyclic) bond motifs is 1. The molecule has 192 valence electrons. The molecule has 0 saturated carbocycles. The normalized spacial score (nSPS) is 12.2. The van der Waals surface area contributed by atoms with Gasteiger partial charge in [-0.3, -0.25) is 9.78 Å². The molecule has 2 heterocycles. The number of benzene rings is 2. The fourth-order valence-electron chi connectivity index (χ4n) is 4.19. The van der Waals surface area contributed by atoms with Crippen LogP contribution in [-0.2, 0) is 29.0 Å². The van der Waals surface area contributed by atoms with Gasteiger partial charge >= 0.3 is 6.09 Å². The number of ether oxygens (including phenoxy) is 1. The number of amides is 2. The summed E-state index contributed by atoms with van der Waals surface area (Å²) >= 11 is 0. The van der Waals surface area contributed by atoms with Gasteiger partial charge in [-0.15, -0.1) is 0 Å². The Hall–Kier alpha value is -4.13. The Labute approximate surface area is 217 Å². The minimum absolute atomic E-state index is 0.205. The first-order chi connectivity index (χ1) is 17.7. The van der Waals surface area contributed by atoms with Crippen molar-refractivity contribution in [3.05, 3.63) is 102 Å². The van der Waals surface area contributed by atoms with E-state index in [1.807, 2.05) is 67.6 Å². The minimum atomic E-state index is -0.812. The highest BCUT2D eigenvalue weighted by Gasteiger charge is 2.29. The molecule has 2 amide bonds. The van der Waals surface area contributed by atoms with E-state index in [1.165, 1.54) is 0 Å². The fourth-order valence-corrected chi connectivity index (χ4v) is 4.19. The van der Waals surface area contributed by atoms with Crippen LogP contribution in [0.25, 0.3) is 11.0 Å². The SMILES string of the molecule is Cc1cncc(CN(Cc2ccc3occc3c2)C(=O)[C@@H](Cc2ccccc2)NC(=O)OC(C)(C)C)c1. The smallest absolute Gasteiger partial charge is 0.408 e. The lowest BCUT2D eigenvalue weighted by atomic mass is 10.0. The van der Waals surface area contributed by atoms with Crippen LogP contribution in [0.2, 0.25) is 0 Å². The first-order valence-electron chi connectivity index (χ1n) is 12.4. The van der Waals surface area contributed by atoms with Gasteiger partial charge in [-0.25, -0.2) is 4.79 Å². The first-order valence-corrected chi connectivity index (χ1v) is 12.4. The van der Waals surface area contributed by atoms with Crippen LogP contribution >= 0.6 is 0 Å². The molecular formula is C30H33N3O4. The number of nitrogens with zero attached hydrogens (tertiary/aromatic N) is 2. The van der Waals surface area contributed by atoms with E-state index < -0.39 is 17.7 Å². The van der Waals surface area contributed by atoms with Gasteiger partial charge in [-0.05, 0) is 68.1 Å². The third kappa shape index (κ3) is 7.43. The van der Waals surface area contributed by atoms with Crippen LogP contribution in [-0.4, -0.2) is 33.5 Å². The van der Waals surface area contributed by atoms with Crippen molar-refractivity contribution in [2.75, 3.05) is 0 Å². The van der Waals surface area contributed by atoms with Crippen LogP contribution in [0.1, 0.15) is 43.0 Å². The van der Waals surface area contributed by atoms with Crippen LogP contribution in [0.4, 0.5) is 4.79 Å². The Morgan fingerprint density at radius 1 is 0.973 bits per heavy atom. The molecule has 0 aliphatic rings. The van der Waals surface area contributed by atoms with Crippen LogP contribution < -0.4 is 5.32 Å². The highest BCUT2D eigenvalue weighted by atomic mass is 16.6. The monoisotopic (exact) mass is 499 g/mol. The lowest BCUT2D eigenvalue weighted by molar-refractivity contribution is -0.134. The summed E-state index contributed by atoms with van der Waals surface area (Å²) in [6.45, 7) is 8.06. The lowest BCUT2D eigenvalue weighted by Gasteiger charge is -2.29. The fraction of sp³-hybridized carbons (Fsp3) is 0.300. The number of carbonyl (C=O) groups is 2. The zero-order valence-electron chi connectivity index (χ0n) is 21.7. The Kier molecular flexibility index (Phi) is 7.92. The number of alkyl carbamates (subject to hydrolysis) is 1. The van der Waals surface area contributed by atoms with Gasteiger partial charge in [0.1, 0.15) is 17.2 Å². The molecule has 0 bridgehead atoms. The summed E-state index contributed by atoms with van der Waals surface area (Å²) in [7, 11) is 0. The van der Waals surface area contributed by atoms with E-state index in [4.69, 9.17) is 9.15 Å². The number of furan rings is 1. The molecule has 1 atom stereocenters. The molecule has 0 radical (unpaired) electrons. The summed E-state index contributed by atoms with van der Waals surface area (Å²) in [5.41, 5.74) is 3.92. The van der Waals surface area contributed by atoms with Crippen molar-refractivity contribution >= 4 is 23.0 Å². The molecule has 1 N–H and O–H groups in total. The summed E-state index contributed by atoms with van der Waals surface area (Å²) in [6, 6.07) is 18.6. The maximum atomic E-state index is 14.1. The number of hydrogen-bond donors (Lipinski definition) is 1. The maximum absolute atomic E-state index is 14.1. The van der Waals surface area contributed by atoms with E-state index in [9.17, 15) is 9.59 Å². The second-order valence-electron chi connectivity index (χ2n) is 10.2. The number of carbonyl (C=O) groups excluding carboxylic acids is 2. The average Bonchev–Trinajstić information content (AvgIpc) is 3.30. The van der Waals surface area contributed by atoms with Crippen molar-refractivity contribution in [2.45, 2.75) is 58.8 Å². The van der Waals surface area contributed by atoms with Crippen molar-refractivity contribution in [3.63, 3.8) is 0 Å². The predicted octanol–water partition coefficient (Wildman–Crippen LogP) is 5.80. The van der Waals surface area contributed by atoms with Crippen molar-refractivity contribution in [3.8, 4) is 0 Å². The van der Waals surface area contributed by atoms with Gasteiger partial charge in [0.05, 0.1) is 6.26 Å². The van der Waals surface area contributed by atoms with E-state index in [1.54, 1.807) is 44.3 Å². The second-order valence-corrected chi connectivity index (χ2v) is 10.2. The number of hydrogen-bond acceptors (Lipinski definition) is 5. The highest BCUT2D eigenvalue weighted by molar-refractivity contribution is 5.86. The van der Waals surface area contributed by atoms with Gasteiger partial charge in [0.2, 0.25) is 5.91 Å². The number of pyridine rings is 1. The van der Waals surface area contributed by atoms with E-state index >= 15 is 0 Å². The molecule has 2 aromatic carbocycles. The highest BCUT2D eigenvalue weighted by Crippen LogP contribution is 2.20. The summed E-state index contributed by atoms with van der Waals surface area (Å²) in [6.07, 6.45) is 4.91. The molecule has 0 fully saturated rings. The zero-order chi connectivity index (χ0) is 26.4. The van der Waals surface area contributed by atoms with Crippen molar-refractivity contribution < 1.29 is 18.7 Å². The number of aryl methyl sites for hydroxylation is 1. The van der Waals surface area contributed by atoms with Gasteiger partial charge in [0.25, 0.3) is 0 Å². The molecule has 0 aliphatic carbocycles. The van der Waals surface area contributed by atoms with Crippen LogP contribution in [0, 0.1) is 6.92 Å². The van der Waals surface area contributed by atoms with E-state index in [0.29, 0.717) is 19.5 Å². The number of aromatic nitrogens is 1. The van der Waals surface area contributed by atoms with Crippen LogP contribution in [0.15, 0.2) is 83.7 Å². The van der Waals surface area contributed by atoms with Gasteiger partial charge in [0, 0.05) is 37.3 Å². The third-order valence-electron chi connectivity index (χ3n) is 5.78. The van der Waals surface area contributed by atoms with E-state index in [-0.39, 0.29) is 5.91 Å². The maximum Gasteiger partial charge on any atom is 0.408 e. The largest absolute Gasteiger partial charge is 0.464 e. The predicted molar refractivity (Wildman–Crippen MR) is 143 cm³/mol. The van der Waals surface area contributed by atoms with Gasteiger partial charge < -0.3 is 19.4 Å². The molecule has 4 aromatic rings. The Morgan fingerprint density at radius 3 is 2.46 bits per heavy atom. The minimum Gasteiger partial charge on any atom is -0.464 e. The van der Waals surface area contributed by atoms with Crippen LogP contribution in [0.3, 0.4) is 0 Å². The Balaban J connectivity index is 1.64. The van der Waals surface area contributed by atoms with Crippen molar-refractivity contribution in [2.24, 2.45) is 0 Å². The van der Waals surface area contributed by atoms with Crippen LogP contribution in [0.5, 0.6) is 0 Å². The molecule has 2 aromatic heterocycles. The molecule has 37 heavy (non-hydrogen) atoms. The second kappa shape index (κ2) is 11.3. The zero-order valence-corrected chi connectivity index (χ0v) is 21.7. The topological polar surface area (TPSA) is 84.7 Å². The molecule has 0 saturated heterocycles. The number of nitrogens with one attached hydrogen (secondary N) is 1. The standard InChI is InChI=1S/C30H33N3O4/c1-21-14-24(18-31-17-21)20-33(19-23-10-11-27-25(15-23)12-13-36-27)28(34)26(16-22-8-6-5-7-9-22)32-29(35)37-30(2,3)4/h5-15,17-18,26H,16,19-20H2,1-4H3,(H,32,35)/t26-/m1/s1. The van der Waals surface area contributed by atoms with Gasteiger partial charge in [-0.1, -0.05) is 42.5 Å². The Bertz CT molecular complexity index is 1360. The van der Waals surface area contributed by atoms with Gasteiger partial charge in [-0.2, -0.15) is 0 Å². The summed E-state index contributed by atoms with van der Waals surface area (Å²) in [5, 5.41) is 3.80. The molecular weight excluding hydrogens is 466 g/mol. The molecule has 0 spiro atoms. The van der Waals surface area contributed by atoms with E-state index in [0.717, 1.165) is 33.2 Å².